The molecule has 88 valence electrons. The van der Waals surface area contributed by atoms with Crippen molar-refractivity contribution in [1.29, 1.82) is 0 Å². The van der Waals surface area contributed by atoms with E-state index in [4.69, 9.17) is 10.5 Å². The molecule has 0 aliphatic heterocycles. The first-order valence-corrected chi connectivity index (χ1v) is 5.28. The topological polar surface area (TPSA) is 70.1 Å². The molecule has 1 aromatic heterocycles. The third-order valence-electron chi connectivity index (χ3n) is 2.25. The van der Waals surface area contributed by atoms with Crippen molar-refractivity contribution in [2.45, 2.75) is 6.92 Å². The lowest BCUT2D eigenvalue weighted by Crippen LogP contribution is -2.03. The molecule has 5 heteroatoms. The Bertz CT molecular complexity index is 517. The van der Waals surface area contributed by atoms with Gasteiger partial charge in [0.05, 0.1) is 24.1 Å². The minimum absolute atomic E-state index is 0.353. The number of aromatic nitrogens is 2. The van der Waals surface area contributed by atoms with Crippen LogP contribution in [0.1, 0.15) is 17.3 Å². The summed E-state index contributed by atoms with van der Waals surface area (Å²) >= 11 is 0. The van der Waals surface area contributed by atoms with E-state index < -0.39 is 0 Å². The van der Waals surface area contributed by atoms with E-state index in [1.165, 1.54) is 6.20 Å². The Morgan fingerprint density at radius 3 is 2.76 bits per heavy atom. The van der Waals surface area contributed by atoms with Crippen molar-refractivity contribution < 1.29 is 9.53 Å². The predicted octanol–water partition coefficient (Wildman–Crippen LogP) is 1.63. The molecule has 0 radical (unpaired) electrons. The Morgan fingerprint density at radius 2 is 2.12 bits per heavy atom. The summed E-state index contributed by atoms with van der Waals surface area (Å²) in [5.41, 5.74) is 7.56. The molecule has 5 nitrogen and oxygen atoms in total. The fraction of sp³-hybridized carbons (Fsp3) is 0.167. The molecule has 0 aliphatic rings. The number of rotatable bonds is 3. The number of hydrogen-bond donors (Lipinski definition) is 1. The monoisotopic (exact) mass is 231 g/mol. The van der Waals surface area contributed by atoms with E-state index in [9.17, 15) is 4.79 Å². The molecule has 0 unspecified atom stereocenters. The lowest BCUT2D eigenvalue weighted by atomic mass is 10.3. The van der Waals surface area contributed by atoms with Crippen LogP contribution in [0.15, 0.2) is 36.7 Å². The van der Waals surface area contributed by atoms with Gasteiger partial charge in [-0.25, -0.2) is 9.48 Å². The van der Waals surface area contributed by atoms with Gasteiger partial charge in [-0.05, 0) is 31.2 Å². The van der Waals surface area contributed by atoms with Crippen molar-refractivity contribution in [1.82, 2.24) is 9.78 Å². The summed E-state index contributed by atoms with van der Waals surface area (Å²) in [5, 5.41) is 4.09. The molecule has 0 bridgehead atoms. The molecule has 0 saturated carbocycles. The van der Waals surface area contributed by atoms with Crippen LogP contribution in [0.5, 0.6) is 0 Å². The molecule has 0 saturated heterocycles. The van der Waals surface area contributed by atoms with Crippen molar-refractivity contribution in [3.8, 4) is 5.69 Å². The van der Waals surface area contributed by atoms with Gasteiger partial charge in [0.15, 0.2) is 0 Å². The molecule has 1 aromatic carbocycles. The number of ether oxygens (including phenoxy) is 1. The van der Waals surface area contributed by atoms with Gasteiger partial charge in [-0.1, -0.05) is 0 Å². The van der Waals surface area contributed by atoms with Gasteiger partial charge in [0.1, 0.15) is 0 Å². The summed E-state index contributed by atoms with van der Waals surface area (Å²) in [5.74, 6) is -0.366. The fourth-order valence-electron chi connectivity index (χ4n) is 1.41. The van der Waals surface area contributed by atoms with Crippen molar-refractivity contribution in [3.05, 3.63) is 42.2 Å². The van der Waals surface area contributed by atoms with E-state index in [0.717, 1.165) is 5.69 Å². The van der Waals surface area contributed by atoms with E-state index in [-0.39, 0.29) is 5.97 Å². The lowest BCUT2D eigenvalue weighted by Gasteiger charge is -2.01. The number of nitrogens with zero attached hydrogens (tertiary/aromatic N) is 2. The van der Waals surface area contributed by atoms with Crippen molar-refractivity contribution >= 4 is 11.7 Å². The molecular formula is C12H13N3O2. The van der Waals surface area contributed by atoms with Crippen LogP contribution in [0.2, 0.25) is 0 Å². The Hall–Kier alpha value is -2.30. The second-order valence-electron chi connectivity index (χ2n) is 3.49. The summed E-state index contributed by atoms with van der Waals surface area (Å²) in [7, 11) is 0. The summed E-state index contributed by atoms with van der Waals surface area (Å²) in [4.78, 5) is 11.4. The number of hydrogen-bond acceptors (Lipinski definition) is 4. The van der Waals surface area contributed by atoms with Gasteiger partial charge >= 0.3 is 5.97 Å². The van der Waals surface area contributed by atoms with E-state index in [2.05, 4.69) is 5.10 Å². The number of esters is 1. The van der Waals surface area contributed by atoms with Crippen molar-refractivity contribution in [2.75, 3.05) is 12.3 Å². The maximum Gasteiger partial charge on any atom is 0.341 e. The van der Waals surface area contributed by atoms with Crippen LogP contribution in [0.4, 0.5) is 5.69 Å². The van der Waals surface area contributed by atoms with Gasteiger partial charge in [-0.2, -0.15) is 5.10 Å². The maximum absolute atomic E-state index is 11.4. The van der Waals surface area contributed by atoms with Gasteiger partial charge in [0.25, 0.3) is 0 Å². The van der Waals surface area contributed by atoms with E-state index >= 15 is 0 Å². The summed E-state index contributed by atoms with van der Waals surface area (Å²) < 4.78 is 6.49. The SMILES string of the molecule is CCOC(=O)c1cnn(-c2ccc(N)cc2)c1. The molecule has 0 amide bonds. The zero-order valence-electron chi connectivity index (χ0n) is 9.46. The third-order valence-corrected chi connectivity index (χ3v) is 2.25. The number of benzene rings is 1. The Balaban J connectivity index is 2.23. The number of nitrogens with two attached hydrogens (primary N) is 1. The number of anilines is 1. The highest BCUT2D eigenvalue weighted by molar-refractivity contribution is 5.88. The highest BCUT2D eigenvalue weighted by Gasteiger charge is 2.09. The van der Waals surface area contributed by atoms with Gasteiger partial charge in [-0.15, -0.1) is 0 Å². The normalized spacial score (nSPS) is 10.2. The highest BCUT2D eigenvalue weighted by atomic mass is 16.5. The Morgan fingerprint density at radius 1 is 1.41 bits per heavy atom. The average Bonchev–Trinajstić information content (AvgIpc) is 2.80. The van der Waals surface area contributed by atoms with Gasteiger partial charge in [0, 0.05) is 11.9 Å². The van der Waals surface area contributed by atoms with Crippen molar-refractivity contribution in [2.24, 2.45) is 0 Å². The van der Waals surface area contributed by atoms with Crippen LogP contribution in [-0.2, 0) is 4.74 Å². The molecule has 0 atom stereocenters. The lowest BCUT2D eigenvalue weighted by molar-refractivity contribution is 0.0526. The molecule has 0 aliphatic carbocycles. The van der Waals surface area contributed by atoms with Gasteiger partial charge in [0.2, 0.25) is 0 Å². The van der Waals surface area contributed by atoms with Crippen LogP contribution in [0.3, 0.4) is 0 Å². The largest absolute Gasteiger partial charge is 0.462 e. The number of nitrogen functional groups attached to an aromatic ring is 1. The van der Waals surface area contributed by atoms with Crippen LogP contribution in [0, 0.1) is 0 Å². The first-order valence-electron chi connectivity index (χ1n) is 5.28. The van der Waals surface area contributed by atoms with Crippen LogP contribution in [0.25, 0.3) is 5.69 Å². The minimum Gasteiger partial charge on any atom is -0.462 e. The second kappa shape index (κ2) is 4.69. The molecular weight excluding hydrogens is 218 g/mol. The van der Waals surface area contributed by atoms with E-state index in [0.29, 0.717) is 17.9 Å². The summed E-state index contributed by atoms with van der Waals surface area (Å²) in [6.07, 6.45) is 3.11. The Kier molecular flexibility index (Phi) is 3.09. The molecule has 2 aromatic rings. The zero-order valence-corrected chi connectivity index (χ0v) is 9.46. The second-order valence-corrected chi connectivity index (χ2v) is 3.49. The summed E-state index contributed by atoms with van der Waals surface area (Å²) in [6, 6.07) is 7.22. The Labute approximate surface area is 98.8 Å². The first kappa shape index (κ1) is 11.2. The quantitative estimate of drug-likeness (QED) is 0.643. The standard InChI is InChI=1S/C12H13N3O2/c1-2-17-12(16)9-7-14-15(8-9)11-5-3-10(13)4-6-11/h3-8H,2,13H2,1H3. The maximum atomic E-state index is 11.4. The zero-order chi connectivity index (χ0) is 12.3. The molecule has 1 heterocycles. The number of carbonyl (C=O) groups is 1. The molecule has 2 N–H and O–H groups in total. The van der Waals surface area contributed by atoms with Crippen LogP contribution in [-0.4, -0.2) is 22.4 Å². The number of carbonyl (C=O) groups excluding carboxylic acids is 1. The smallest absolute Gasteiger partial charge is 0.341 e. The van der Waals surface area contributed by atoms with E-state index in [1.807, 2.05) is 12.1 Å². The van der Waals surface area contributed by atoms with Gasteiger partial charge in [-0.3, -0.25) is 0 Å². The fourth-order valence-corrected chi connectivity index (χ4v) is 1.41. The molecule has 0 fully saturated rings. The molecule has 2 rings (SSSR count). The van der Waals surface area contributed by atoms with E-state index in [1.54, 1.807) is 29.9 Å². The van der Waals surface area contributed by atoms with Crippen molar-refractivity contribution in [3.63, 3.8) is 0 Å². The average molecular weight is 231 g/mol. The summed E-state index contributed by atoms with van der Waals surface area (Å²) in [6.45, 7) is 2.12. The third kappa shape index (κ3) is 2.44. The first-order chi connectivity index (χ1) is 8.20. The van der Waals surface area contributed by atoms with Gasteiger partial charge < -0.3 is 10.5 Å². The molecule has 0 spiro atoms. The van der Waals surface area contributed by atoms with Crippen LogP contribution >= 0.6 is 0 Å². The van der Waals surface area contributed by atoms with Crippen LogP contribution < -0.4 is 5.73 Å². The minimum atomic E-state index is -0.366. The predicted molar refractivity (Wildman–Crippen MR) is 63.9 cm³/mol. The highest BCUT2D eigenvalue weighted by Crippen LogP contribution is 2.11. The molecule has 17 heavy (non-hydrogen) atoms.